The van der Waals surface area contributed by atoms with E-state index in [0.717, 1.165) is 12.1 Å². The first-order valence-electron chi connectivity index (χ1n) is 8.02. The molecular formula is C20H16F3NO4. The predicted molar refractivity (Wildman–Crippen MR) is 95.6 cm³/mol. The lowest BCUT2D eigenvalue weighted by Gasteiger charge is -2.14. The quantitative estimate of drug-likeness (QED) is 0.574. The number of carboxylic acids is 1. The van der Waals surface area contributed by atoms with Crippen LogP contribution in [0.1, 0.15) is 23.6 Å². The van der Waals surface area contributed by atoms with Gasteiger partial charge in [0.25, 0.3) is 0 Å². The average Bonchev–Trinajstić information content (AvgIpc) is 2.66. The summed E-state index contributed by atoms with van der Waals surface area (Å²) in [5.41, 5.74) is -0.229. The van der Waals surface area contributed by atoms with Gasteiger partial charge in [0.2, 0.25) is 0 Å². The first kappa shape index (κ1) is 20.8. The first-order valence-corrected chi connectivity index (χ1v) is 8.02. The van der Waals surface area contributed by atoms with Crippen LogP contribution in [0.2, 0.25) is 0 Å². The normalized spacial score (nSPS) is 12.8. The van der Waals surface area contributed by atoms with Gasteiger partial charge in [-0.3, -0.25) is 0 Å². The molecule has 2 aromatic carbocycles. The standard InChI is InChI=1S/C20H16F3NO4/c1-12(19(25)26)28-17-7-6-13(9-18(17)27-2)8-15(11-24)14-4-3-5-16(10-14)20(21,22)23/h3-10,12H,1-2H3,(H,25,26)/b15-8-/t12-/m0/s1. The molecule has 1 N–H and O–H groups in total. The molecule has 0 aliphatic rings. The fourth-order valence-corrected chi connectivity index (χ4v) is 2.32. The highest BCUT2D eigenvalue weighted by molar-refractivity contribution is 5.90. The van der Waals surface area contributed by atoms with Crippen molar-refractivity contribution >= 4 is 17.6 Å². The van der Waals surface area contributed by atoms with Crippen molar-refractivity contribution in [2.45, 2.75) is 19.2 Å². The summed E-state index contributed by atoms with van der Waals surface area (Å²) in [6.45, 7) is 1.36. The Labute approximate surface area is 159 Å². The van der Waals surface area contributed by atoms with Crippen molar-refractivity contribution in [2.24, 2.45) is 0 Å². The summed E-state index contributed by atoms with van der Waals surface area (Å²) >= 11 is 0. The summed E-state index contributed by atoms with van der Waals surface area (Å²) in [5, 5.41) is 18.3. The molecule has 146 valence electrons. The van der Waals surface area contributed by atoms with Crippen LogP contribution < -0.4 is 9.47 Å². The van der Waals surface area contributed by atoms with Gasteiger partial charge in [-0.2, -0.15) is 18.4 Å². The van der Waals surface area contributed by atoms with Crippen LogP contribution in [0.25, 0.3) is 11.6 Å². The minimum absolute atomic E-state index is 0.0284. The van der Waals surface area contributed by atoms with E-state index < -0.39 is 23.8 Å². The zero-order valence-electron chi connectivity index (χ0n) is 14.9. The van der Waals surface area contributed by atoms with E-state index in [1.807, 2.05) is 6.07 Å². The van der Waals surface area contributed by atoms with E-state index >= 15 is 0 Å². The largest absolute Gasteiger partial charge is 0.493 e. The molecule has 2 aromatic rings. The maximum absolute atomic E-state index is 12.9. The Kier molecular flexibility index (Phi) is 6.31. The number of carboxylic acid groups (broad SMARTS) is 1. The van der Waals surface area contributed by atoms with Gasteiger partial charge in [-0.05, 0) is 48.4 Å². The van der Waals surface area contributed by atoms with Crippen molar-refractivity contribution in [3.8, 4) is 17.6 Å². The molecule has 0 fully saturated rings. The third-order valence-corrected chi connectivity index (χ3v) is 3.77. The maximum atomic E-state index is 12.9. The third kappa shape index (κ3) is 5.04. The number of alkyl halides is 3. The van der Waals surface area contributed by atoms with E-state index in [1.165, 1.54) is 50.4 Å². The molecule has 0 saturated carbocycles. The number of hydrogen-bond donors (Lipinski definition) is 1. The van der Waals surface area contributed by atoms with Crippen LogP contribution >= 0.6 is 0 Å². The van der Waals surface area contributed by atoms with Crippen LogP contribution in [0.3, 0.4) is 0 Å². The number of allylic oxidation sites excluding steroid dienone is 1. The summed E-state index contributed by atoms with van der Waals surface area (Å²) in [6, 6.07) is 10.9. The molecule has 2 rings (SSSR count). The van der Waals surface area contributed by atoms with Gasteiger partial charge in [-0.1, -0.05) is 18.2 Å². The minimum atomic E-state index is -4.51. The molecular weight excluding hydrogens is 375 g/mol. The van der Waals surface area contributed by atoms with Crippen molar-refractivity contribution in [1.29, 1.82) is 5.26 Å². The Balaban J connectivity index is 2.40. The van der Waals surface area contributed by atoms with Crippen molar-refractivity contribution < 1.29 is 32.5 Å². The number of carbonyl (C=O) groups is 1. The van der Waals surface area contributed by atoms with Gasteiger partial charge < -0.3 is 14.6 Å². The second kappa shape index (κ2) is 8.48. The number of ether oxygens (including phenoxy) is 2. The highest BCUT2D eigenvalue weighted by atomic mass is 19.4. The van der Waals surface area contributed by atoms with E-state index in [4.69, 9.17) is 14.6 Å². The highest BCUT2D eigenvalue weighted by Crippen LogP contribution is 2.33. The van der Waals surface area contributed by atoms with E-state index in [2.05, 4.69) is 0 Å². The van der Waals surface area contributed by atoms with Crippen LogP contribution in [0.5, 0.6) is 11.5 Å². The van der Waals surface area contributed by atoms with Crippen LogP contribution in [-0.4, -0.2) is 24.3 Å². The number of methoxy groups -OCH3 is 1. The monoisotopic (exact) mass is 391 g/mol. The van der Waals surface area contributed by atoms with Gasteiger partial charge in [0.05, 0.1) is 24.3 Å². The fraction of sp³-hybridized carbons (Fsp3) is 0.200. The number of halogens is 3. The van der Waals surface area contributed by atoms with Crippen molar-refractivity contribution in [3.63, 3.8) is 0 Å². The van der Waals surface area contributed by atoms with Crippen molar-refractivity contribution in [2.75, 3.05) is 7.11 Å². The number of nitrogens with zero attached hydrogens (tertiary/aromatic N) is 1. The Morgan fingerprint density at radius 1 is 1.21 bits per heavy atom. The molecule has 0 aliphatic heterocycles. The molecule has 0 saturated heterocycles. The zero-order valence-corrected chi connectivity index (χ0v) is 14.9. The molecule has 0 radical (unpaired) electrons. The fourth-order valence-electron chi connectivity index (χ4n) is 2.32. The summed E-state index contributed by atoms with van der Waals surface area (Å²) in [7, 11) is 1.36. The van der Waals surface area contributed by atoms with E-state index in [0.29, 0.717) is 5.56 Å². The van der Waals surface area contributed by atoms with E-state index in [9.17, 15) is 23.2 Å². The Morgan fingerprint density at radius 3 is 2.50 bits per heavy atom. The Morgan fingerprint density at radius 2 is 1.93 bits per heavy atom. The van der Waals surface area contributed by atoms with Gasteiger partial charge >= 0.3 is 12.1 Å². The van der Waals surface area contributed by atoms with Gasteiger partial charge in [-0.25, -0.2) is 4.79 Å². The number of aliphatic carboxylic acids is 1. The predicted octanol–water partition coefficient (Wildman–Crippen LogP) is 4.63. The summed E-state index contributed by atoms with van der Waals surface area (Å²) in [4.78, 5) is 10.9. The average molecular weight is 391 g/mol. The van der Waals surface area contributed by atoms with E-state index in [-0.39, 0.29) is 22.6 Å². The lowest BCUT2D eigenvalue weighted by atomic mass is 10.0. The maximum Gasteiger partial charge on any atom is 0.416 e. The molecule has 28 heavy (non-hydrogen) atoms. The van der Waals surface area contributed by atoms with Gasteiger partial charge in [0, 0.05) is 0 Å². The smallest absolute Gasteiger partial charge is 0.416 e. The van der Waals surface area contributed by atoms with Crippen LogP contribution in [0, 0.1) is 11.3 Å². The number of rotatable bonds is 6. The molecule has 8 heteroatoms. The molecule has 1 atom stereocenters. The third-order valence-electron chi connectivity index (χ3n) is 3.77. The number of nitriles is 1. The summed E-state index contributed by atoms with van der Waals surface area (Å²) in [5.74, 6) is -0.738. The zero-order chi connectivity index (χ0) is 20.9. The highest BCUT2D eigenvalue weighted by Gasteiger charge is 2.30. The molecule has 0 bridgehead atoms. The van der Waals surface area contributed by atoms with Crippen LogP contribution in [0.15, 0.2) is 42.5 Å². The lowest BCUT2D eigenvalue weighted by molar-refractivity contribution is -0.144. The van der Waals surface area contributed by atoms with Gasteiger partial charge in [-0.15, -0.1) is 0 Å². The number of benzene rings is 2. The molecule has 0 spiro atoms. The Hall–Kier alpha value is -3.47. The topological polar surface area (TPSA) is 79.5 Å². The molecule has 0 unspecified atom stereocenters. The van der Waals surface area contributed by atoms with Gasteiger partial charge in [0.15, 0.2) is 17.6 Å². The Bertz CT molecular complexity index is 945. The first-order chi connectivity index (χ1) is 13.2. The second-order valence-corrected chi connectivity index (χ2v) is 5.76. The van der Waals surface area contributed by atoms with Crippen LogP contribution in [-0.2, 0) is 11.0 Å². The van der Waals surface area contributed by atoms with E-state index in [1.54, 1.807) is 0 Å². The van der Waals surface area contributed by atoms with Crippen molar-refractivity contribution in [1.82, 2.24) is 0 Å². The molecule has 0 aliphatic carbocycles. The SMILES string of the molecule is COc1cc(/C=C(/C#N)c2cccc(C(F)(F)F)c2)ccc1O[C@@H](C)C(=O)O. The number of hydrogen-bond acceptors (Lipinski definition) is 4. The minimum Gasteiger partial charge on any atom is -0.493 e. The molecule has 0 aromatic heterocycles. The molecule has 5 nitrogen and oxygen atoms in total. The second-order valence-electron chi connectivity index (χ2n) is 5.76. The molecule has 0 heterocycles. The summed E-state index contributed by atoms with van der Waals surface area (Å²) in [6.07, 6.45) is -4.21. The van der Waals surface area contributed by atoms with Crippen molar-refractivity contribution in [3.05, 3.63) is 59.2 Å². The molecule has 0 amide bonds. The summed E-state index contributed by atoms with van der Waals surface area (Å²) < 4.78 is 49.1. The lowest BCUT2D eigenvalue weighted by Crippen LogP contribution is -2.23. The van der Waals surface area contributed by atoms with Gasteiger partial charge in [0.1, 0.15) is 0 Å². The van der Waals surface area contributed by atoms with Crippen LogP contribution in [0.4, 0.5) is 13.2 Å².